The second kappa shape index (κ2) is 5.94. The van der Waals surface area contributed by atoms with Crippen molar-refractivity contribution in [1.29, 1.82) is 5.26 Å². The third-order valence-electron chi connectivity index (χ3n) is 2.82. The molecule has 2 aromatic carbocycles. The number of halogens is 1. The maximum Gasteiger partial charge on any atom is 0.261 e. The maximum atomic E-state index is 13.4. The van der Waals surface area contributed by atoms with Gasteiger partial charge in [0.15, 0.2) is 0 Å². The number of anilines is 1. The Balaban J connectivity index is 2.32. The molecule has 0 aliphatic heterocycles. The van der Waals surface area contributed by atoms with Crippen LogP contribution in [0.15, 0.2) is 47.4 Å². The normalized spacial score (nSPS) is 10.9. The average molecular weight is 304 g/mol. The van der Waals surface area contributed by atoms with Crippen LogP contribution in [0.4, 0.5) is 10.1 Å². The molecular weight excluding hydrogens is 291 g/mol. The zero-order valence-corrected chi connectivity index (χ0v) is 12.1. The smallest absolute Gasteiger partial charge is 0.261 e. The minimum atomic E-state index is -3.78. The summed E-state index contributed by atoms with van der Waals surface area (Å²) in [6.07, 6.45) is 0.0109. The van der Waals surface area contributed by atoms with Crippen molar-refractivity contribution in [3.05, 3.63) is 59.4 Å². The number of nitrogens with zero attached hydrogens (tertiary/aromatic N) is 1. The van der Waals surface area contributed by atoms with Gasteiger partial charge in [0.25, 0.3) is 10.0 Å². The number of nitriles is 1. The van der Waals surface area contributed by atoms with E-state index < -0.39 is 15.8 Å². The van der Waals surface area contributed by atoms with Crippen molar-refractivity contribution in [2.75, 3.05) is 4.72 Å². The van der Waals surface area contributed by atoms with Crippen molar-refractivity contribution >= 4 is 15.7 Å². The molecule has 0 aromatic heterocycles. The van der Waals surface area contributed by atoms with E-state index in [-0.39, 0.29) is 17.0 Å². The van der Waals surface area contributed by atoms with Crippen molar-refractivity contribution in [2.24, 2.45) is 0 Å². The van der Waals surface area contributed by atoms with E-state index in [0.29, 0.717) is 5.56 Å². The highest BCUT2D eigenvalue weighted by Gasteiger charge is 2.14. The van der Waals surface area contributed by atoms with Crippen LogP contribution in [0.25, 0.3) is 0 Å². The fraction of sp³-hybridized carbons (Fsp3) is 0.133. The van der Waals surface area contributed by atoms with E-state index in [1.54, 1.807) is 12.1 Å². The molecule has 0 aliphatic carbocycles. The molecule has 4 nitrogen and oxygen atoms in total. The van der Waals surface area contributed by atoms with Crippen molar-refractivity contribution in [3.63, 3.8) is 0 Å². The molecule has 0 fully saturated rings. The lowest BCUT2D eigenvalue weighted by atomic mass is 10.1. The van der Waals surface area contributed by atoms with Crippen molar-refractivity contribution in [2.45, 2.75) is 18.2 Å². The van der Waals surface area contributed by atoms with E-state index in [1.807, 2.05) is 13.0 Å². The second-order valence-corrected chi connectivity index (χ2v) is 6.28. The summed E-state index contributed by atoms with van der Waals surface area (Å²) in [5, 5.41) is 8.63. The van der Waals surface area contributed by atoms with Crippen LogP contribution in [0.1, 0.15) is 11.1 Å². The molecule has 0 aliphatic rings. The first-order valence-electron chi connectivity index (χ1n) is 6.16. The SMILES string of the molecule is Cc1ccc(S(=O)(=O)Nc2cc(F)cc(CC#N)c2)cc1. The molecule has 0 bridgehead atoms. The van der Waals surface area contributed by atoms with Gasteiger partial charge >= 0.3 is 0 Å². The van der Waals surface area contributed by atoms with Gasteiger partial charge in [0, 0.05) is 0 Å². The van der Waals surface area contributed by atoms with Crippen LogP contribution < -0.4 is 4.72 Å². The van der Waals surface area contributed by atoms with E-state index in [1.165, 1.54) is 24.3 Å². The van der Waals surface area contributed by atoms with Crippen LogP contribution in [0, 0.1) is 24.1 Å². The van der Waals surface area contributed by atoms with Gasteiger partial charge in [0.1, 0.15) is 5.82 Å². The molecule has 2 rings (SSSR count). The molecule has 0 atom stereocenters. The molecule has 0 amide bonds. The first kappa shape index (κ1) is 15.0. The lowest BCUT2D eigenvalue weighted by Crippen LogP contribution is -2.13. The molecule has 0 radical (unpaired) electrons. The molecule has 0 heterocycles. The molecule has 0 saturated carbocycles. The second-order valence-electron chi connectivity index (χ2n) is 4.60. The van der Waals surface area contributed by atoms with Crippen molar-refractivity contribution in [1.82, 2.24) is 0 Å². The molecule has 0 unspecified atom stereocenters. The van der Waals surface area contributed by atoms with E-state index in [4.69, 9.17) is 5.26 Å². The first-order chi connectivity index (χ1) is 9.90. The van der Waals surface area contributed by atoms with Gasteiger partial charge in [-0.1, -0.05) is 17.7 Å². The number of benzene rings is 2. The highest BCUT2D eigenvalue weighted by molar-refractivity contribution is 7.92. The maximum absolute atomic E-state index is 13.4. The molecule has 21 heavy (non-hydrogen) atoms. The fourth-order valence-electron chi connectivity index (χ4n) is 1.83. The zero-order chi connectivity index (χ0) is 15.5. The molecule has 108 valence electrons. The summed E-state index contributed by atoms with van der Waals surface area (Å²) in [4.78, 5) is 0.0965. The molecule has 1 N–H and O–H groups in total. The van der Waals surface area contributed by atoms with Crippen molar-refractivity contribution in [3.8, 4) is 6.07 Å². The van der Waals surface area contributed by atoms with Crippen molar-refractivity contribution < 1.29 is 12.8 Å². The Morgan fingerprint density at radius 1 is 1.19 bits per heavy atom. The Labute approximate surface area is 122 Å². The van der Waals surface area contributed by atoms with E-state index in [2.05, 4.69) is 4.72 Å². The number of aryl methyl sites for hydroxylation is 1. The first-order valence-corrected chi connectivity index (χ1v) is 7.65. The Morgan fingerprint density at radius 2 is 1.86 bits per heavy atom. The number of hydrogen-bond acceptors (Lipinski definition) is 3. The number of sulfonamides is 1. The van der Waals surface area contributed by atoms with Crippen LogP contribution in [0.3, 0.4) is 0 Å². The predicted molar refractivity (Wildman–Crippen MR) is 77.7 cm³/mol. The quantitative estimate of drug-likeness (QED) is 0.944. The average Bonchev–Trinajstić information content (AvgIpc) is 2.38. The van der Waals surface area contributed by atoms with Gasteiger partial charge in [-0.05, 0) is 42.8 Å². The lowest BCUT2D eigenvalue weighted by molar-refractivity contribution is 0.601. The molecular formula is C15H13FN2O2S. The monoisotopic (exact) mass is 304 g/mol. The van der Waals surface area contributed by atoms with E-state index in [0.717, 1.165) is 11.6 Å². The third kappa shape index (κ3) is 3.80. The van der Waals surface area contributed by atoms with Gasteiger partial charge in [-0.3, -0.25) is 4.72 Å². The number of hydrogen-bond donors (Lipinski definition) is 1. The third-order valence-corrected chi connectivity index (χ3v) is 4.22. The topological polar surface area (TPSA) is 70.0 Å². The van der Waals surface area contributed by atoms with Gasteiger partial charge in [-0.15, -0.1) is 0 Å². The highest BCUT2D eigenvalue weighted by atomic mass is 32.2. The van der Waals surface area contributed by atoms with Crippen LogP contribution >= 0.6 is 0 Å². The number of rotatable bonds is 4. The van der Waals surface area contributed by atoms with Gasteiger partial charge in [-0.2, -0.15) is 5.26 Å². The molecule has 6 heteroatoms. The number of nitrogens with one attached hydrogen (secondary N) is 1. The Kier molecular flexibility index (Phi) is 4.24. The molecule has 0 spiro atoms. The van der Waals surface area contributed by atoms with E-state index in [9.17, 15) is 12.8 Å². The van der Waals surface area contributed by atoms with Gasteiger partial charge < -0.3 is 0 Å². The molecule has 0 saturated heterocycles. The lowest BCUT2D eigenvalue weighted by Gasteiger charge is -2.09. The Morgan fingerprint density at radius 3 is 2.48 bits per heavy atom. The zero-order valence-electron chi connectivity index (χ0n) is 11.3. The summed E-state index contributed by atoms with van der Waals surface area (Å²) in [5.41, 5.74) is 1.45. The minimum absolute atomic E-state index is 0.0109. The van der Waals surface area contributed by atoms with Crippen LogP contribution in [-0.2, 0) is 16.4 Å². The van der Waals surface area contributed by atoms with Gasteiger partial charge in [0.05, 0.1) is 23.1 Å². The fourth-order valence-corrected chi connectivity index (χ4v) is 2.87. The van der Waals surface area contributed by atoms with Crippen LogP contribution in [-0.4, -0.2) is 8.42 Å². The van der Waals surface area contributed by atoms with Crippen LogP contribution in [0.2, 0.25) is 0 Å². The highest BCUT2D eigenvalue weighted by Crippen LogP contribution is 2.19. The van der Waals surface area contributed by atoms with E-state index >= 15 is 0 Å². The Bertz CT molecular complexity index is 793. The van der Waals surface area contributed by atoms with Gasteiger partial charge in [0.2, 0.25) is 0 Å². The summed E-state index contributed by atoms with van der Waals surface area (Å²) in [6, 6.07) is 11.9. The minimum Gasteiger partial charge on any atom is -0.280 e. The summed E-state index contributed by atoms with van der Waals surface area (Å²) in [5.74, 6) is -0.593. The summed E-state index contributed by atoms with van der Waals surface area (Å²) in [7, 11) is -3.78. The molecule has 2 aromatic rings. The largest absolute Gasteiger partial charge is 0.280 e. The summed E-state index contributed by atoms with van der Waals surface area (Å²) >= 11 is 0. The van der Waals surface area contributed by atoms with Crippen LogP contribution in [0.5, 0.6) is 0 Å². The summed E-state index contributed by atoms with van der Waals surface area (Å²) in [6.45, 7) is 1.85. The Hall–Kier alpha value is -2.39. The summed E-state index contributed by atoms with van der Waals surface area (Å²) < 4.78 is 40.1. The predicted octanol–water partition coefficient (Wildman–Crippen LogP) is 3.00. The van der Waals surface area contributed by atoms with Gasteiger partial charge in [-0.25, -0.2) is 12.8 Å². The standard InChI is InChI=1S/C15H13FN2O2S/c1-11-2-4-15(5-3-11)21(19,20)18-14-9-12(6-7-17)8-13(16)10-14/h2-5,8-10,18H,6H2,1H3.